The average molecular weight is 430 g/mol. The highest BCUT2D eigenvalue weighted by molar-refractivity contribution is 7.27. The second-order valence-corrected chi connectivity index (χ2v) is 7.58. The molecule has 0 spiro atoms. The maximum atomic E-state index is 5.90. The van der Waals surface area contributed by atoms with E-state index in [2.05, 4.69) is 0 Å². The van der Waals surface area contributed by atoms with Gasteiger partial charge in [-0.2, -0.15) is 0 Å². The molecule has 3 rings (SSSR count). The maximum Gasteiger partial charge on any atom is 0.275 e. The predicted molar refractivity (Wildman–Crippen MR) is 119 cm³/mol. The molecule has 0 aliphatic rings. The lowest BCUT2D eigenvalue weighted by Gasteiger charge is -2.15. The van der Waals surface area contributed by atoms with Crippen LogP contribution in [0.25, 0.3) is 0 Å². The van der Waals surface area contributed by atoms with Gasteiger partial charge < -0.3 is 22.8 Å². The van der Waals surface area contributed by atoms with E-state index in [9.17, 15) is 0 Å². The van der Waals surface area contributed by atoms with E-state index in [4.69, 9.17) is 22.8 Å². The Morgan fingerprint density at radius 2 is 1.34 bits per heavy atom. The Morgan fingerprint density at radius 3 is 1.97 bits per heavy atom. The van der Waals surface area contributed by atoms with Crippen molar-refractivity contribution in [3.63, 3.8) is 0 Å². The molecule has 0 heterocycles. The number of ether oxygens (including phenoxy) is 1. The quantitative estimate of drug-likeness (QED) is 0.276. The summed E-state index contributed by atoms with van der Waals surface area (Å²) in [6.07, 6.45) is 0. The summed E-state index contributed by atoms with van der Waals surface area (Å²) in [7, 11) is 1.29. The molecular weight excluding hydrogens is 406 g/mol. The van der Waals surface area contributed by atoms with Crippen LogP contribution in [0, 0.1) is 13.8 Å². The third kappa shape index (κ3) is 6.61. The van der Waals surface area contributed by atoms with Crippen LogP contribution in [-0.4, -0.2) is 7.11 Å². The van der Waals surface area contributed by atoms with Crippen LogP contribution in [0.5, 0.6) is 23.0 Å². The molecule has 0 saturated heterocycles. The van der Waals surface area contributed by atoms with Gasteiger partial charge >= 0.3 is 0 Å². The summed E-state index contributed by atoms with van der Waals surface area (Å²) in [5.74, 6) is 2.80. The number of aryl methyl sites for hydroxylation is 2. The van der Waals surface area contributed by atoms with Gasteiger partial charge in [-0.25, -0.2) is 0 Å². The third-order valence-corrected chi connectivity index (χ3v) is 5.20. The van der Waals surface area contributed by atoms with Crippen molar-refractivity contribution < 1.29 is 22.8 Å². The van der Waals surface area contributed by atoms with Crippen LogP contribution in [0.4, 0.5) is 0 Å². The molecule has 0 N–H and O–H groups in total. The van der Waals surface area contributed by atoms with E-state index in [1.54, 1.807) is 7.11 Å². The molecule has 5 nitrogen and oxygen atoms in total. The monoisotopic (exact) mass is 430 g/mol. The van der Waals surface area contributed by atoms with Gasteiger partial charge in [-0.3, -0.25) is 0 Å². The SMILES string of the molecule is COc1cccc(COPOc2cccc(C)c2)c1OPOc1cccc(C)c1. The molecule has 0 aliphatic heterocycles. The van der Waals surface area contributed by atoms with Crippen LogP contribution in [0.2, 0.25) is 0 Å². The van der Waals surface area contributed by atoms with Gasteiger partial charge in [0.15, 0.2) is 11.5 Å². The molecule has 0 aliphatic carbocycles. The molecule has 3 aromatic rings. The van der Waals surface area contributed by atoms with Gasteiger partial charge in [0.2, 0.25) is 9.03 Å². The highest BCUT2D eigenvalue weighted by Crippen LogP contribution is 2.37. The van der Waals surface area contributed by atoms with Crippen molar-refractivity contribution >= 4 is 18.1 Å². The fourth-order valence-electron chi connectivity index (χ4n) is 2.60. The Morgan fingerprint density at radius 1 is 0.724 bits per heavy atom. The van der Waals surface area contributed by atoms with E-state index in [1.807, 2.05) is 80.6 Å². The number of hydrogen-bond donors (Lipinski definition) is 0. The first kappa shape index (κ1) is 21.4. The van der Waals surface area contributed by atoms with Crippen molar-refractivity contribution in [2.45, 2.75) is 20.5 Å². The lowest BCUT2D eigenvalue weighted by Crippen LogP contribution is -1.96. The Hall–Kier alpha value is -2.32. The van der Waals surface area contributed by atoms with Crippen molar-refractivity contribution in [1.29, 1.82) is 0 Å². The number of para-hydroxylation sites is 1. The van der Waals surface area contributed by atoms with Crippen molar-refractivity contribution in [1.82, 2.24) is 0 Å². The fourth-order valence-corrected chi connectivity index (χ4v) is 3.68. The molecule has 2 atom stereocenters. The van der Waals surface area contributed by atoms with Crippen LogP contribution in [0.3, 0.4) is 0 Å². The molecule has 2 unspecified atom stereocenters. The second-order valence-electron chi connectivity index (χ2n) is 6.34. The highest BCUT2D eigenvalue weighted by atomic mass is 31.1. The van der Waals surface area contributed by atoms with Crippen LogP contribution < -0.4 is 18.3 Å². The van der Waals surface area contributed by atoms with Crippen LogP contribution in [0.1, 0.15) is 16.7 Å². The molecule has 3 aromatic carbocycles. The third-order valence-electron chi connectivity index (χ3n) is 4.01. The van der Waals surface area contributed by atoms with Crippen LogP contribution >= 0.6 is 18.1 Å². The molecule has 29 heavy (non-hydrogen) atoms. The molecule has 7 heteroatoms. The first-order valence-electron chi connectivity index (χ1n) is 9.07. The normalized spacial score (nSPS) is 11.3. The first-order valence-corrected chi connectivity index (χ1v) is 10.7. The van der Waals surface area contributed by atoms with Gasteiger partial charge in [-0.1, -0.05) is 36.4 Å². The average Bonchev–Trinajstić information content (AvgIpc) is 2.72. The minimum absolute atomic E-state index is 0.122. The first-order chi connectivity index (χ1) is 14.2. The fraction of sp³-hybridized carbons (Fsp3) is 0.182. The van der Waals surface area contributed by atoms with Gasteiger partial charge in [0.25, 0.3) is 9.03 Å². The van der Waals surface area contributed by atoms with E-state index in [0.717, 1.165) is 28.2 Å². The zero-order valence-electron chi connectivity index (χ0n) is 16.6. The summed E-state index contributed by atoms with van der Waals surface area (Å²) in [6, 6.07) is 21.4. The predicted octanol–water partition coefficient (Wildman–Crippen LogP) is 6.38. The molecule has 0 saturated carbocycles. The molecule has 152 valence electrons. The van der Waals surface area contributed by atoms with Gasteiger partial charge in [-0.05, 0) is 55.3 Å². The largest absolute Gasteiger partial charge is 0.493 e. The van der Waals surface area contributed by atoms with E-state index < -0.39 is 0 Å². The molecule has 0 fully saturated rings. The standard InChI is InChI=1S/C22H24O5P2/c1-16-7-4-10-19(13-16)25-28-24-15-18-9-6-12-21(23-3)22(18)27-29-26-20-11-5-8-17(2)14-20/h4-14,28-29H,15H2,1-3H3. The van der Waals surface area contributed by atoms with Crippen molar-refractivity contribution in [2.75, 3.05) is 7.11 Å². The second kappa shape index (κ2) is 11.0. The number of benzene rings is 3. The summed E-state index contributed by atoms with van der Waals surface area (Å²) in [6.45, 7) is 4.38. The lowest BCUT2D eigenvalue weighted by molar-refractivity contribution is 0.312. The smallest absolute Gasteiger partial charge is 0.275 e. The molecule has 0 radical (unpaired) electrons. The topological polar surface area (TPSA) is 46.2 Å². The summed E-state index contributed by atoms with van der Waals surface area (Å²) < 4.78 is 28.4. The Balaban J connectivity index is 1.56. The van der Waals surface area contributed by atoms with E-state index in [-0.39, 0.29) is 18.1 Å². The van der Waals surface area contributed by atoms with Gasteiger partial charge in [0.1, 0.15) is 11.5 Å². The van der Waals surface area contributed by atoms with Crippen molar-refractivity contribution in [2.24, 2.45) is 0 Å². The molecule has 0 bridgehead atoms. The molecule has 0 amide bonds. The van der Waals surface area contributed by atoms with E-state index in [1.165, 1.54) is 0 Å². The van der Waals surface area contributed by atoms with Crippen LogP contribution in [-0.2, 0) is 11.1 Å². The lowest BCUT2D eigenvalue weighted by atomic mass is 10.2. The molecular formula is C22H24O5P2. The summed E-state index contributed by atoms with van der Waals surface area (Å²) in [4.78, 5) is 0. The minimum Gasteiger partial charge on any atom is -0.493 e. The van der Waals surface area contributed by atoms with E-state index in [0.29, 0.717) is 18.1 Å². The summed E-state index contributed by atoms with van der Waals surface area (Å²) in [5.41, 5.74) is 3.14. The molecule has 0 aromatic heterocycles. The highest BCUT2D eigenvalue weighted by Gasteiger charge is 2.12. The van der Waals surface area contributed by atoms with E-state index >= 15 is 0 Å². The van der Waals surface area contributed by atoms with Gasteiger partial charge in [-0.15, -0.1) is 0 Å². The zero-order valence-corrected chi connectivity index (χ0v) is 18.6. The van der Waals surface area contributed by atoms with Crippen LogP contribution in [0.15, 0.2) is 66.7 Å². The van der Waals surface area contributed by atoms with Crippen molar-refractivity contribution in [3.05, 3.63) is 83.4 Å². The Kier molecular flexibility index (Phi) is 8.13. The maximum absolute atomic E-state index is 5.90. The Bertz CT molecular complexity index is 933. The van der Waals surface area contributed by atoms with Gasteiger partial charge in [0.05, 0.1) is 13.7 Å². The summed E-state index contributed by atoms with van der Waals surface area (Å²) in [5, 5.41) is 0. The summed E-state index contributed by atoms with van der Waals surface area (Å²) >= 11 is 0. The number of rotatable bonds is 10. The Labute approximate surface area is 175 Å². The van der Waals surface area contributed by atoms with Gasteiger partial charge in [0, 0.05) is 5.56 Å². The number of hydrogen-bond acceptors (Lipinski definition) is 5. The number of methoxy groups -OCH3 is 1. The minimum atomic E-state index is -0.204. The van der Waals surface area contributed by atoms with Crippen molar-refractivity contribution in [3.8, 4) is 23.0 Å². The zero-order chi connectivity index (χ0) is 20.5.